The lowest BCUT2D eigenvalue weighted by Gasteiger charge is -2.30. The van der Waals surface area contributed by atoms with Gasteiger partial charge in [0.05, 0.1) is 6.08 Å². The van der Waals surface area contributed by atoms with Gasteiger partial charge in [-0.1, -0.05) is 54.6 Å². The molecule has 0 atom stereocenters. The average Bonchev–Trinajstić information content (AvgIpc) is 2.79. The zero-order chi connectivity index (χ0) is 25.7. The maximum atomic E-state index is 14.0. The molecule has 0 spiro atoms. The van der Waals surface area contributed by atoms with Crippen molar-refractivity contribution in [2.75, 3.05) is 0 Å². The lowest BCUT2D eigenvalue weighted by Crippen LogP contribution is -2.37. The number of hydrogen-bond acceptors (Lipinski definition) is 4. The summed E-state index contributed by atoms with van der Waals surface area (Å²) >= 11 is 0. The molecule has 0 aliphatic rings. The Balaban J connectivity index is 2.44. The summed E-state index contributed by atoms with van der Waals surface area (Å²) in [5, 5.41) is 3.12. The molecule has 0 fully saturated rings. The second-order valence-electron chi connectivity index (χ2n) is 10.2. The Morgan fingerprint density at radius 1 is 0.600 bits per heavy atom. The van der Waals surface area contributed by atoms with E-state index in [-0.39, 0.29) is 0 Å². The van der Waals surface area contributed by atoms with Crippen LogP contribution >= 0.6 is 7.26 Å². The van der Waals surface area contributed by atoms with Crippen LogP contribution in [0.15, 0.2) is 102 Å². The molecule has 0 N–H and O–H groups in total. The molecule has 0 saturated heterocycles. The van der Waals surface area contributed by atoms with Crippen LogP contribution in [0.1, 0.15) is 41.5 Å². The minimum absolute atomic E-state index is 0.297. The molecule has 0 unspecified atom stereocenters. The van der Waals surface area contributed by atoms with E-state index in [1.165, 1.54) is 6.08 Å². The number of benzene rings is 3. The van der Waals surface area contributed by atoms with Crippen molar-refractivity contribution in [3.8, 4) is 0 Å². The first kappa shape index (κ1) is 26.4. The van der Waals surface area contributed by atoms with Gasteiger partial charge in [-0.05, 0) is 77.9 Å². The molecule has 5 heteroatoms. The molecule has 3 aromatic rings. The molecule has 0 saturated carbocycles. The van der Waals surface area contributed by atoms with Crippen molar-refractivity contribution in [1.82, 2.24) is 0 Å². The van der Waals surface area contributed by atoms with Gasteiger partial charge in [-0.25, -0.2) is 9.59 Å². The predicted molar refractivity (Wildman–Crippen MR) is 145 cm³/mol. The van der Waals surface area contributed by atoms with Crippen LogP contribution in [0.5, 0.6) is 0 Å². The van der Waals surface area contributed by atoms with Crippen molar-refractivity contribution in [2.45, 2.75) is 52.7 Å². The molecular weight excluding hydrogens is 455 g/mol. The molecule has 0 amide bonds. The molecule has 0 bridgehead atoms. The van der Waals surface area contributed by atoms with Crippen molar-refractivity contribution < 1.29 is 19.1 Å². The van der Waals surface area contributed by atoms with Crippen molar-refractivity contribution >= 4 is 35.1 Å². The van der Waals surface area contributed by atoms with E-state index in [0.29, 0.717) is 5.31 Å². The van der Waals surface area contributed by atoms with Gasteiger partial charge in [0, 0.05) is 0 Å². The highest BCUT2D eigenvalue weighted by Gasteiger charge is 2.54. The smallest absolute Gasteiger partial charge is 0.375 e. The Labute approximate surface area is 209 Å². The lowest BCUT2D eigenvalue weighted by atomic mass is 10.2. The summed E-state index contributed by atoms with van der Waals surface area (Å²) < 4.78 is 11.6. The van der Waals surface area contributed by atoms with Crippen LogP contribution in [0.4, 0.5) is 0 Å². The molecule has 0 aliphatic carbocycles. The number of carbonyl (C=O) groups is 2. The standard InChI is InChI=1S/C30H34O4P/c1-29(2,3)33-27(31)22-26(28(32)34-30(4,5)6)35(23-16-10-7-11-17-23,24-18-12-8-13-19-24)25-20-14-9-15-21-25/h7-22H,1-6H3/q+1. The van der Waals surface area contributed by atoms with Crippen LogP contribution in [0.2, 0.25) is 0 Å². The summed E-state index contributed by atoms with van der Waals surface area (Å²) in [6.07, 6.45) is 1.35. The Kier molecular flexibility index (Phi) is 7.97. The van der Waals surface area contributed by atoms with E-state index < -0.39 is 30.4 Å². The monoisotopic (exact) mass is 489 g/mol. The summed E-state index contributed by atoms with van der Waals surface area (Å²) in [5.74, 6) is -1.11. The molecular formula is C30H34O4P+. The number of ether oxygens (including phenoxy) is 2. The van der Waals surface area contributed by atoms with Crippen molar-refractivity contribution in [3.63, 3.8) is 0 Å². The summed E-state index contributed by atoms with van der Waals surface area (Å²) in [6, 6.07) is 29.6. The molecule has 0 heterocycles. The first-order chi connectivity index (χ1) is 16.4. The van der Waals surface area contributed by atoms with Crippen molar-refractivity contribution in [1.29, 1.82) is 0 Å². The Bertz CT molecular complexity index is 1080. The van der Waals surface area contributed by atoms with Crippen LogP contribution in [-0.4, -0.2) is 23.1 Å². The van der Waals surface area contributed by atoms with Gasteiger partial charge >= 0.3 is 11.9 Å². The van der Waals surface area contributed by atoms with Crippen molar-refractivity contribution in [3.05, 3.63) is 102 Å². The van der Waals surface area contributed by atoms with Crippen LogP contribution in [0.25, 0.3) is 0 Å². The summed E-state index contributed by atoms with van der Waals surface area (Å²) in [7, 11) is -2.84. The molecule has 3 aromatic carbocycles. The highest BCUT2D eigenvalue weighted by atomic mass is 31.2. The zero-order valence-corrected chi connectivity index (χ0v) is 22.2. The summed E-state index contributed by atoms with van der Waals surface area (Å²) in [6.45, 7) is 10.9. The third kappa shape index (κ3) is 6.46. The Morgan fingerprint density at radius 2 is 0.943 bits per heavy atom. The second-order valence-corrected chi connectivity index (χ2v) is 13.6. The number of esters is 2. The SMILES string of the molecule is CC(C)(C)OC(=O)C=C(C(=O)OC(C)(C)C)[P+](c1ccccc1)(c1ccccc1)c1ccccc1. The highest BCUT2D eigenvalue weighted by molar-refractivity contribution is 7.99. The summed E-state index contributed by atoms with van der Waals surface area (Å²) in [4.78, 5) is 27.1. The Morgan fingerprint density at radius 3 is 1.26 bits per heavy atom. The second kappa shape index (κ2) is 10.6. The quantitative estimate of drug-likeness (QED) is 0.259. The van der Waals surface area contributed by atoms with Gasteiger partial charge < -0.3 is 9.47 Å². The molecule has 0 radical (unpaired) electrons. The number of rotatable bonds is 6. The third-order valence-corrected chi connectivity index (χ3v) is 9.31. The van der Waals surface area contributed by atoms with Gasteiger partial charge in [0.25, 0.3) is 0 Å². The zero-order valence-electron chi connectivity index (χ0n) is 21.3. The van der Waals surface area contributed by atoms with Crippen LogP contribution in [-0.2, 0) is 19.1 Å². The normalized spacial score (nSPS) is 12.7. The fourth-order valence-electron chi connectivity index (χ4n) is 3.89. The Hall–Kier alpha value is -3.23. The van der Waals surface area contributed by atoms with Gasteiger partial charge in [-0.2, -0.15) is 0 Å². The molecule has 0 aliphatic heterocycles. The van der Waals surface area contributed by atoms with Crippen LogP contribution in [0.3, 0.4) is 0 Å². The molecule has 4 nitrogen and oxygen atoms in total. The average molecular weight is 490 g/mol. The topological polar surface area (TPSA) is 52.6 Å². The maximum Gasteiger partial charge on any atom is 0.375 e. The first-order valence-corrected chi connectivity index (χ1v) is 13.5. The van der Waals surface area contributed by atoms with Gasteiger partial charge in [-0.3, -0.25) is 0 Å². The van der Waals surface area contributed by atoms with E-state index in [0.717, 1.165) is 15.9 Å². The fourth-order valence-corrected chi connectivity index (χ4v) is 8.09. The van der Waals surface area contributed by atoms with Crippen molar-refractivity contribution in [2.24, 2.45) is 0 Å². The highest BCUT2D eigenvalue weighted by Crippen LogP contribution is 2.63. The van der Waals surface area contributed by atoms with E-state index in [1.807, 2.05) is 112 Å². The summed E-state index contributed by atoms with van der Waals surface area (Å²) in [5.41, 5.74) is -1.45. The van der Waals surface area contributed by atoms with Crippen LogP contribution < -0.4 is 15.9 Å². The first-order valence-electron chi connectivity index (χ1n) is 11.7. The molecule has 0 aromatic heterocycles. The maximum absolute atomic E-state index is 14.0. The van der Waals surface area contributed by atoms with Gasteiger partial charge in [-0.15, -0.1) is 0 Å². The van der Waals surface area contributed by atoms with Crippen LogP contribution in [0, 0.1) is 0 Å². The fraction of sp³-hybridized carbons (Fsp3) is 0.267. The van der Waals surface area contributed by atoms with E-state index >= 15 is 0 Å². The minimum atomic E-state index is -2.84. The number of hydrogen-bond donors (Lipinski definition) is 0. The molecule has 3 rings (SSSR count). The van der Waals surface area contributed by atoms with E-state index in [4.69, 9.17) is 9.47 Å². The molecule has 35 heavy (non-hydrogen) atoms. The van der Waals surface area contributed by atoms with Gasteiger partial charge in [0.1, 0.15) is 27.1 Å². The van der Waals surface area contributed by atoms with E-state index in [2.05, 4.69) is 0 Å². The molecule has 182 valence electrons. The third-order valence-electron chi connectivity index (χ3n) is 5.06. The van der Waals surface area contributed by atoms with Gasteiger partial charge in [0.2, 0.25) is 5.31 Å². The lowest BCUT2D eigenvalue weighted by molar-refractivity contribution is -0.152. The predicted octanol–water partition coefficient (Wildman–Crippen LogP) is 5.55. The van der Waals surface area contributed by atoms with E-state index in [9.17, 15) is 9.59 Å². The number of carbonyl (C=O) groups excluding carboxylic acids is 2. The van der Waals surface area contributed by atoms with E-state index in [1.54, 1.807) is 20.8 Å². The largest absolute Gasteiger partial charge is 0.457 e. The minimum Gasteiger partial charge on any atom is -0.457 e. The van der Waals surface area contributed by atoms with Gasteiger partial charge in [0.15, 0.2) is 7.26 Å².